The van der Waals surface area contributed by atoms with Crippen LogP contribution in [0.15, 0.2) is 11.3 Å². The first-order valence-corrected chi connectivity index (χ1v) is 4.90. The summed E-state index contributed by atoms with van der Waals surface area (Å²) < 4.78 is 0. The van der Waals surface area contributed by atoms with Crippen LogP contribution in [0.3, 0.4) is 0 Å². The van der Waals surface area contributed by atoms with Gasteiger partial charge in [-0.3, -0.25) is 4.79 Å². The van der Waals surface area contributed by atoms with Crippen LogP contribution in [0, 0.1) is 22.2 Å². The zero-order chi connectivity index (χ0) is 12.4. The molecular formula is C12H19NO2. The third-order valence-electron chi connectivity index (χ3n) is 1.97. The number of Topliss-reactive ketones (excluding diaryl/α,β-unsaturated/α-hetero) is 1. The Kier molecular flexibility index (Phi) is 3.71. The predicted octanol–water partition coefficient (Wildman–Crippen LogP) is 2.98. The lowest BCUT2D eigenvalue weighted by Crippen LogP contribution is -2.25. The Hall–Kier alpha value is -1.30. The molecule has 0 atom stereocenters. The minimum Gasteiger partial charge on any atom is -0.510 e. The van der Waals surface area contributed by atoms with Crippen molar-refractivity contribution >= 4 is 5.78 Å². The van der Waals surface area contributed by atoms with Crippen molar-refractivity contribution in [3.63, 3.8) is 0 Å². The molecule has 84 valence electrons. The van der Waals surface area contributed by atoms with E-state index in [2.05, 4.69) is 0 Å². The van der Waals surface area contributed by atoms with E-state index in [9.17, 15) is 9.90 Å². The van der Waals surface area contributed by atoms with Gasteiger partial charge in [-0.1, -0.05) is 41.5 Å². The molecule has 0 saturated carbocycles. The van der Waals surface area contributed by atoms with E-state index in [1.54, 1.807) is 47.6 Å². The molecule has 0 aromatic carbocycles. The van der Waals surface area contributed by atoms with Crippen molar-refractivity contribution < 1.29 is 9.90 Å². The minimum atomic E-state index is -0.649. The number of aliphatic hydroxyl groups excluding tert-OH is 1. The molecule has 0 aliphatic heterocycles. The summed E-state index contributed by atoms with van der Waals surface area (Å²) >= 11 is 0. The number of rotatable bonds is 1. The Morgan fingerprint density at radius 1 is 1.07 bits per heavy atom. The van der Waals surface area contributed by atoms with Crippen molar-refractivity contribution in [1.29, 1.82) is 5.26 Å². The molecule has 3 nitrogen and oxygen atoms in total. The zero-order valence-electron chi connectivity index (χ0n) is 10.3. The van der Waals surface area contributed by atoms with Crippen LogP contribution >= 0.6 is 0 Å². The van der Waals surface area contributed by atoms with Crippen LogP contribution in [0.5, 0.6) is 0 Å². The number of carbonyl (C=O) groups excluding carboxylic acids is 1. The van der Waals surface area contributed by atoms with Crippen LogP contribution in [0.2, 0.25) is 0 Å². The second-order valence-electron chi connectivity index (χ2n) is 5.66. The van der Waals surface area contributed by atoms with Gasteiger partial charge in [-0.25, -0.2) is 0 Å². The van der Waals surface area contributed by atoms with E-state index >= 15 is 0 Å². The van der Waals surface area contributed by atoms with E-state index in [0.717, 1.165) is 0 Å². The quantitative estimate of drug-likeness (QED) is 0.410. The summed E-state index contributed by atoms with van der Waals surface area (Å²) in [5.41, 5.74) is -1.36. The van der Waals surface area contributed by atoms with Gasteiger partial charge in [0.2, 0.25) is 0 Å². The molecule has 1 N–H and O–H groups in total. The number of nitriles is 1. The fraction of sp³-hybridized carbons (Fsp3) is 0.667. The largest absolute Gasteiger partial charge is 0.510 e. The third-order valence-corrected chi connectivity index (χ3v) is 1.97. The van der Waals surface area contributed by atoms with Crippen molar-refractivity contribution in [2.75, 3.05) is 0 Å². The van der Waals surface area contributed by atoms with Gasteiger partial charge in [0.05, 0.1) is 0 Å². The molecule has 0 spiro atoms. The summed E-state index contributed by atoms with van der Waals surface area (Å²) in [6, 6.07) is 1.79. The molecule has 0 aliphatic rings. The number of ketones is 1. The second kappa shape index (κ2) is 4.06. The molecule has 0 saturated heterocycles. The number of carbonyl (C=O) groups is 1. The summed E-state index contributed by atoms with van der Waals surface area (Å²) in [4.78, 5) is 11.8. The molecule has 0 fully saturated rings. The van der Waals surface area contributed by atoms with E-state index in [1.165, 1.54) is 0 Å². The molecule has 15 heavy (non-hydrogen) atoms. The Balaban J connectivity index is 5.49. The number of hydrogen-bond donors (Lipinski definition) is 1. The third kappa shape index (κ3) is 3.39. The summed E-state index contributed by atoms with van der Waals surface area (Å²) in [7, 11) is 0. The first-order valence-electron chi connectivity index (χ1n) is 4.90. The first kappa shape index (κ1) is 13.7. The Morgan fingerprint density at radius 3 is 1.67 bits per heavy atom. The fourth-order valence-corrected chi connectivity index (χ4v) is 0.961. The van der Waals surface area contributed by atoms with Gasteiger partial charge in [0.15, 0.2) is 5.78 Å². The Morgan fingerprint density at radius 2 is 1.47 bits per heavy atom. The van der Waals surface area contributed by atoms with E-state index < -0.39 is 10.8 Å². The van der Waals surface area contributed by atoms with Gasteiger partial charge < -0.3 is 5.11 Å². The van der Waals surface area contributed by atoms with E-state index in [4.69, 9.17) is 5.26 Å². The van der Waals surface area contributed by atoms with Gasteiger partial charge in [0.25, 0.3) is 0 Å². The lowest BCUT2D eigenvalue weighted by Gasteiger charge is -2.22. The summed E-state index contributed by atoms with van der Waals surface area (Å²) in [5, 5.41) is 18.7. The molecule has 0 bridgehead atoms. The highest BCUT2D eigenvalue weighted by molar-refractivity contribution is 6.02. The van der Waals surface area contributed by atoms with Gasteiger partial charge >= 0.3 is 0 Å². The normalized spacial score (nSPS) is 14.2. The number of nitrogens with zero attached hydrogens (tertiary/aromatic N) is 1. The maximum absolute atomic E-state index is 11.8. The van der Waals surface area contributed by atoms with Crippen molar-refractivity contribution in [2.24, 2.45) is 10.8 Å². The molecule has 0 radical (unpaired) electrons. The average Bonchev–Trinajstić information content (AvgIpc) is 2.01. The molecular weight excluding hydrogens is 190 g/mol. The van der Waals surface area contributed by atoms with Crippen LogP contribution in [0.1, 0.15) is 41.5 Å². The van der Waals surface area contributed by atoms with Gasteiger partial charge in [-0.2, -0.15) is 5.26 Å². The lowest BCUT2D eigenvalue weighted by atomic mass is 9.82. The molecule has 0 unspecified atom stereocenters. The van der Waals surface area contributed by atoms with Gasteiger partial charge in [-0.15, -0.1) is 0 Å². The molecule has 0 aliphatic carbocycles. The molecule has 0 rings (SSSR count). The van der Waals surface area contributed by atoms with Crippen LogP contribution < -0.4 is 0 Å². The van der Waals surface area contributed by atoms with Crippen molar-refractivity contribution in [3.8, 4) is 6.07 Å². The smallest absolute Gasteiger partial charge is 0.182 e. The zero-order valence-corrected chi connectivity index (χ0v) is 10.3. The highest BCUT2D eigenvalue weighted by Gasteiger charge is 2.31. The van der Waals surface area contributed by atoms with Gasteiger partial charge in [-0.05, 0) is 0 Å². The lowest BCUT2D eigenvalue weighted by molar-refractivity contribution is -0.122. The van der Waals surface area contributed by atoms with Crippen LogP contribution in [-0.2, 0) is 4.79 Å². The van der Waals surface area contributed by atoms with Gasteiger partial charge in [0, 0.05) is 10.8 Å². The number of hydrogen-bond acceptors (Lipinski definition) is 3. The first-order chi connectivity index (χ1) is 6.51. The molecule has 0 heterocycles. The summed E-state index contributed by atoms with van der Waals surface area (Å²) in [5.74, 6) is -0.456. The highest BCUT2D eigenvalue weighted by Crippen LogP contribution is 2.29. The van der Waals surface area contributed by atoms with Crippen molar-refractivity contribution in [3.05, 3.63) is 11.3 Å². The topological polar surface area (TPSA) is 61.1 Å². The SMILES string of the molecule is CC(C)(C)C(=O)/C(C#N)=C(\O)C(C)(C)C. The van der Waals surface area contributed by atoms with Crippen LogP contribution in [0.25, 0.3) is 0 Å². The molecule has 0 aromatic rings. The summed E-state index contributed by atoms with van der Waals surface area (Å²) in [6.07, 6.45) is 0. The maximum atomic E-state index is 11.8. The standard InChI is InChI=1S/C12H19NO2/c1-11(2,3)9(14)8(7-13)10(15)12(4,5)6/h14H,1-6H3/b9-8-. The van der Waals surface area contributed by atoms with Crippen molar-refractivity contribution in [1.82, 2.24) is 0 Å². The molecule has 3 heteroatoms. The van der Waals surface area contributed by atoms with E-state index in [-0.39, 0.29) is 17.1 Å². The minimum absolute atomic E-state index is 0.130. The van der Waals surface area contributed by atoms with E-state index in [0.29, 0.717) is 0 Å². The monoisotopic (exact) mass is 209 g/mol. The summed E-state index contributed by atoms with van der Waals surface area (Å²) in [6.45, 7) is 10.5. The Bertz CT molecular complexity index is 332. The van der Waals surface area contributed by atoms with Crippen molar-refractivity contribution in [2.45, 2.75) is 41.5 Å². The Labute approximate surface area is 91.4 Å². The molecule has 0 aromatic heterocycles. The molecule has 0 amide bonds. The maximum Gasteiger partial charge on any atom is 0.182 e. The van der Waals surface area contributed by atoms with E-state index in [1.807, 2.05) is 0 Å². The predicted molar refractivity (Wildman–Crippen MR) is 59.2 cm³/mol. The van der Waals surface area contributed by atoms with Crippen LogP contribution in [-0.4, -0.2) is 10.9 Å². The van der Waals surface area contributed by atoms with Crippen LogP contribution in [0.4, 0.5) is 0 Å². The average molecular weight is 209 g/mol. The van der Waals surface area contributed by atoms with Gasteiger partial charge in [0.1, 0.15) is 17.4 Å². The second-order valence-corrected chi connectivity index (χ2v) is 5.66. The number of aliphatic hydroxyl groups is 1. The highest BCUT2D eigenvalue weighted by atomic mass is 16.3. The fourth-order valence-electron chi connectivity index (χ4n) is 0.961. The number of allylic oxidation sites excluding steroid dienone is 2.